The van der Waals surface area contributed by atoms with E-state index in [4.69, 9.17) is 23.2 Å². The monoisotopic (exact) mass is 245 g/mol. The molecule has 0 spiro atoms. The van der Waals surface area contributed by atoms with Gasteiger partial charge in [-0.1, -0.05) is 43.0 Å². The molecule has 1 aromatic carbocycles. The van der Waals surface area contributed by atoms with Gasteiger partial charge in [-0.3, -0.25) is 0 Å². The predicted molar refractivity (Wildman–Crippen MR) is 67.7 cm³/mol. The van der Waals surface area contributed by atoms with Gasteiger partial charge in [0.05, 0.1) is 0 Å². The minimum absolute atomic E-state index is 0.741. The maximum atomic E-state index is 6.04. The van der Waals surface area contributed by atoms with Crippen LogP contribution in [0.3, 0.4) is 0 Å². The summed E-state index contributed by atoms with van der Waals surface area (Å²) in [7, 11) is 0. The van der Waals surface area contributed by atoms with E-state index < -0.39 is 0 Å². The van der Waals surface area contributed by atoms with Gasteiger partial charge < -0.3 is 5.32 Å². The fraction of sp³-hybridized carbons (Fsp3) is 0.500. The van der Waals surface area contributed by atoms with Crippen molar-refractivity contribution in [2.24, 2.45) is 0 Å². The number of unbranched alkanes of at least 4 members (excludes halogenated alkanes) is 2. The molecule has 1 nitrogen and oxygen atoms in total. The molecule has 0 saturated carbocycles. The van der Waals surface area contributed by atoms with Crippen molar-refractivity contribution in [1.29, 1.82) is 0 Å². The van der Waals surface area contributed by atoms with E-state index in [9.17, 15) is 0 Å². The molecule has 0 unspecified atom stereocenters. The third-order valence-corrected chi connectivity index (χ3v) is 2.88. The number of rotatable bonds is 6. The summed E-state index contributed by atoms with van der Waals surface area (Å²) in [5.74, 6) is 0. The molecular weight excluding hydrogens is 229 g/mol. The highest BCUT2D eigenvalue weighted by atomic mass is 35.5. The Labute approximate surface area is 102 Å². The molecular formula is C12H17Cl2N. The molecule has 1 rings (SSSR count). The van der Waals surface area contributed by atoms with Crippen LogP contribution in [0.25, 0.3) is 0 Å². The van der Waals surface area contributed by atoms with E-state index in [0.29, 0.717) is 0 Å². The summed E-state index contributed by atoms with van der Waals surface area (Å²) in [4.78, 5) is 0. The third-order valence-electron chi connectivity index (χ3n) is 2.28. The van der Waals surface area contributed by atoms with Gasteiger partial charge in [0.25, 0.3) is 0 Å². The molecule has 0 amide bonds. The summed E-state index contributed by atoms with van der Waals surface area (Å²) in [5, 5.41) is 4.88. The summed E-state index contributed by atoms with van der Waals surface area (Å²) in [6, 6.07) is 5.56. The van der Waals surface area contributed by atoms with Crippen LogP contribution in [0.2, 0.25) is 10.0 Å². The largest absolute Gasteiger partial charge is 0.313 e. The van der Waals surface area contributed by atoms with Gasteiger partial charge >= 0.3 is 0 Å². The van der Waals surface area contributed by atoms with Crippen LogP contribution >= 0.6 is 23.2 Å². The zero-order chi connectivity index (χ0) is 11.1. The van der Waals surface area contributed by atoms with Crippen molar-refractivity contribution in [3.63, 3.8) is 0 Å². The van der Waals surface area contributed by atoms with Crippen molar-refractivity contribution in [2.45, 2.75) is 32.7 Å². The summed E-state index contributed by atoms with van der Waals surface area (Å²) in [6.45, 7) is 4.04. The molecule has 1 aromatic rings. The fourth-order valence-corrected chi connectivity index (χ4v) is 1.78. The molecule has 0 atom stereocenters. The molecule has 1 N–H and O–H groups in total. The SMILES string of the molecule is CCCCCNCc1cc(Cl)ccc1Cl. The molecule has 0 bridgehead atoms. The standard InChI is InChI=1S/C12H17Cl2N/c1-2-3-4-7-15-9-10-8-11(13)5-6-12(10)14/h5-6,8,15H,2-4,7,9H2,1H3. The van der Waals surface area contributed by atoms with Gasteiger partial charge in [-0.25, -0.2) is 0 Å². The van der Waals surface area contributed by atoms with Crippen LogP contribution in [0.15, 0.2) is 18.2 Å². The van der Waals surface area contributed by atoms with Crippen LogP contribution < -0.4 is 5.32 Å². The second-order valence-electron chi connectivity index (χ2n) is 3.62. The van der Waals surface area contributed by atoms with Crippen molar-refractivity contribution in [3.05, 3.63) is 33.8 Å². The Morgan fingerprint density at radius 3 is 2.73 bits per heavy atom. The Bertz CT molecular complexity index is 300. The average molecular weight is 246 g/mol. The summed E-state index contributed by atoms with van der Waals surface area (Å²) >= 11 is 11.9. The van der Waals surface area contributed by atoms with E-state index >= 15 is 0 Å². The predicted octanol–water partition coefficient (Wildman–Crippen LogP) is 4.27. The highest BCUT2D eigenvalue weighted by Crippen LogP contribution is 2.20. The number of nitrogens with one attached hydrogen (secondary N) is 1. The van der Waals surface area contributed by atoms with Crippen LogP contribution in [0.1, 0.15) is 31.7 Å². The lowest BCUT2D eigenvalue weighted by molar-refractivity contribution is 0.617. The normalized spacial score (nSPS) is 10.6. The first-order valence-corrected chi connectivity index (χ1v) is 6.14. The van der Waals surface area contributed by atoms with Gasteiger partial charge in [-0.15, -0.1) is 0 Å². The Morgan fingerprint density at radius 1 is 1.20 bits per heavy atom. The second-order valence-corrected chi connectivity index (χ2v) is 4.46. The van der Waals surface area contributed by atoms with E-state index in [1.54, 1.807) is 0 Å². The minimum Gasteiger partial charge on any atom is -0.313 e. The highest BCUT2D eigenvalue weighted by molar-refractivity contribution is 6.33. The lowest BCUT2D eigenvalue weighted by Gasteiger charge is -2.06. The smallest absolute Gasteiger partial charge is 0.0451 e. The van der Waals surface area contributed by atoms with Crippen LogP contribution in [0, 0.1) is 0 Å². The Balaban J connectivity index is 2.33. The van der Waals surface area contributed by atoms with Gasteiger partial charge in [-0.2, -0.15) is 0 Å². The number of benzene rings is 1. The van der Waals surface area contributed by atoms with Crippen molar-refractivity contribution < 1.29 is 0 Å². The van der Waals surface area contributed by atoms with E-state index in [2.05, 4.69) is 12.2 Å². The molecule has 0 aliphatic heterocycles. The van der Waals surface area contributed by atoms with Gasteiger partial charge in [-0.05, 0) is 36.7 Å². The van der Waals surface area contributed by atoms with Crippen molar-refractivity contribution in [3.8, 4) is 0 Å². The van der Waals surface area contributed by atoms with Crippen molar-refractivity contribution in [1.82, 2.24) is 5.32 Å². The van der Waals surface area contributed by atoms with Crippen LogP contribution in [0.4, 0.5) is 0 Å². The number of hydrogen-bond donors (Lipinski definition) is 1. The minimum atomic E-state index is 0.741. The fourth-order valence-electron chi connectivity index (χ4n) is 1.40. The van der Waals surface area contributed by atoms with Gasteiger partial charge in [0.2, 0.25) is 0 Å². The second kappa shape index (κ2) is 7.10. The first-order valence-electron chi connectivity index (χ1n) is 5.38. The van der Waals surface area contributed by atoms with E-state index in [1.165, 1.54) is 19.3 Å². The van der Waals surface area contributed by atoms with Crippen molar-refractivity contribution >= 4 is 23.2 Å². The highest BCUT2D eigenvalue weighted by Gasteiger charge is 2.00. The first kappa shape index (κ1) is 12.8. The quantitative estimate of drug-likeness (QED) is 0.739. The summed E-state index contributed by atoms with van der Waals surface area (Å²) in [6.07, 6.45) is 3.74. The average Bonchev–Trinajstić information content (AvgIpc) is 2.23. The first-order chi connectivity index (χ1) is 7.24. The molecule has 0 aliphatic rings. The zero-order valence-electron chi connectivity index (χ0n) is 9.02. The Morgan fingerprint density at radius 2 is 2.00 bits per heavy atom. The molecule has 0 aliphatic carbocycles. The number of halogens is 2. The lowest BCUT2D eigenvalue weighted by Crippen LogP contribution is -2.14. The van der Waals surface area contributed by atoms with Gasteiger partial charge in [0.1, 0.15) is 0 Å². The molecule has 3 heteroatoms. The van der Waals surface area contributed by atoms with Crippen LogP contribution in [-0.2, 0) is 6.54 Å². The molecule has 0 radical (unpaired) electrons. The molecule has 0 heterocycles. The van der Waals surface area contributed by atoms with Gasteiger partial charge in [0.15, 0.2) is 0 Å². The summed E-state index contributed by atoms with van der Waals surface area (Å²) < 4.78 is 0. The van der Waals surface area contributed by atoms with E-state index in [1.807, 2.05) is 18.2 Å². The Kier molecular flexibility index (Phi) is 6.07. The van der Waals surface area contributed by atoms with E-state index in [0.717, 1.165) is 28.7 Å². The van der Waals surface area contributed by atoms with Crippen LogP contribution in [-0.4, -0.2) is 6.54 Å². The maximum Gasteiger partial charge on any atom is 0.0451 e. The molecule has 0 aromatic heterocycles. The third kappa shape index (κ3) is 4.87. The summed E-state index contributed by atoms with van der Waals surface area (Å²) in [5.41, 5.74) is 1.07. The lowest BCUT2D eigenvalue weighted by atomic mass is 10.2. The molecule has 15 heavy (non-hydrogen) atoms. The zero-order valence-corrected chi connectivity index (χ0v) is 10.5. The topological polar surface area (TPSA) is 12.0 Å². The van der Waals surface area contributed by atoms with Gasteiger partial charge in [0, 0.05) is 16.6 Å². The number of hydrogen-bond acceptors (Lipinski definition) is 1. The molecule has 84 valence electrons. The van der Waals surface area contributed by atoms with Crippen molar-refractivity contribution in [2.75, 3.05) is 6.54 Å². The van der Waals surface area contributed by atoms with Crippen LogP contribution in [0.5, 0.6) is 0 Å². The molecule has 0 fully saturated rings. The maximum absolute atomic E-state index is 6.04. The Hall–Kier alpha value is -0.240. The molecule has 0 saturated heterocycles. The van der Waals surface area contributed by atoms with E-state index in [-0.39, 0.29) is 0 Å².